The molecule has 0 unspecified atom stereocenters. The van der Waals surface area contributed by atoms with E-state index in [-0.39, 0.29) is 17.1 Å². The quantitative estimate of drug-likeness (QED) is 0.671. The van der Waals surface area contributed by atoms with Crippen molar-refractivity contribution in [3.05, 3.63) is 46.2 Å². The molecule has 0 bridgehead atoms. The molecule has 5 nitrogen and oxygen atoms in total. The first kappa shape index (κ1) is 14.1. The molecule has 0 aliphatic rings. The van der Waals surface area contributed by atoms with E-state index in [0.29, 0.717) is 5.71 Å². The average molecular weight is 290 g/mol. The maximum absolute atomic E-state index is 12.0. The van der Waals surface area contributed by atoms with Crippen LogP contribution in [0.5, 0.6) is 11.5 Å². The van der Waals surface area contributed by atoms with Crippen molar-refractivity contribution in [1.82, 2.24) is 5.43 Å². The maximum Gasteiger partial charge on any atom is 0.275 e. The summed E-state index contributed by atoms with van der Waals surface area (Å²) >= 11 is 1.54. The number of nitrogens with zero attached hydrogens (tertiary/aromatic N) is 1. The Hall–Kier alpha value is -2.34. The van der Waals surface area contributed by atoms with E-state index in [1.54, 1.807) is 19.1 Å². The molecule has 0 atom stereocenters. The molecule has 0 aliphatic heterocycles. The van der Waals surface area contributed by atoms with E-state index in [9.17, 15) is 9.90 Å². The number of hydrazone groups is 1. The highest BCUT2D eigenvalue weighted by Gasteiger charge is 2.14. The van der Waals surface area contributed by atoms with Gasteiger partial charge in [-0.3, -0.25) is 4.79 Å². The molecule has 2 rings (SSSR count). The summed E-state index contributed by atoms with van der Waals surface area (Å²) < 4.78 is 4.96. The Labute approximate surface area is 120 Å². The van der Waals surface area contributed by atoms with Gasteiger partial charge in [-0.1, -0.05) is 12.1 Å². The molecule has 6 heteroatoms. The third kappa shape index (κ3) is 2.97. The molecular weight excluding hydrogens is 276 g/mol. The lowest BCUT2D eigenvalue weighted by Crippen LogP contribution is -2.19. The number of aromatic hydroxyl groups is 1. The molecule has 0 spiro atoms. The first-order chi connectivity index (χ1) is 9.63. The van der Waals surface area contributed by atoms with Crippen LogP contribution in [-0.4, -0.2) is 23.8 Å². The van der Waals surface area contributed by atoms with Crippen LogP contribution in [0, 0.1) is 0 Å². The van der Waals surface area contributed by atoms with Crippen molar-refractivity contribution in [2.24, 2.45) is 5.10 Å². The van der Waals surface area contributed by atoms with Gasteiger partial charge in [0.15, 0.2) is 11.5 Å². The lowest BCUT2D eigenvalue weighted by molar-refractivity contribution is 0.0951. The Morgan fingerprint density at radius 1 is 1.35 bits per heavy atom. The molecule has 2 N–H and O–H groups in total. The molecule has 104 valence electrons. The van der Waals surface area contributed by atoms with Crippen LogP contribution in [0.4, 0.5) is 0 Å². The second-order valence-corrected chi connectivity index (χ2v) is 4.92. The van der Waals surface area contributed by atoms with E-state index in [4.69, 9.17) is 4.74 Å². The number of rotatable bonds is 4. The smallest absolute Gasteiger partial charge is 0.275 e. The number of phenols is 1. The van der Waals surface area contributed by atoms with Crippen LogP contribution in [0.3, 0.4) is 0 Å². The molecule has 2 aromatic rings. The van der Waals surface area contributed by atoms with Gasteiger partial charge < -0.3 is 9.84 Å². The molecule has 1 aromatic heterocycles. The number of carbonyl (C=O) groups is 1. The van der Waals surface area contributed by atoms with Gasteiger partial charge in [0.05, 0.1) is 18.4 Å². The Bertz CT molecular complexity index is 636. The number of hydrogen-bond acceptors (Lipinski definition) is 5. The van der Waals surface area contributed by atoms with Crippen LogP contribution in [0.2, 0.25) is 0 Å². The van der Waals surface area contributed by atoms with Crippen molar-refractivity contribution in [2.75, 3.05) is 7.11 Å². The van der Waals surface area contributed by atoms with Crippen molar-refractivity contribution in [1.29, 1.82) is 0 Å². The number of para-hydroxylation sites is 1. The molecule has 20 heavy (non-hydrogen) atoms. The largest absolute Gasteiger partial charge is 0.504 e. The maximum atomic E-state index is 12.0. The van der Waals surface area contributed by atoms with Crippen molar-refractivity contribution in [2.45, 2.75) is 6.92 Å². The van der Waals surface area contributed by atoms with Gasteiger partial charge in [-0.05, 0) is 30.5 Å². The van der Waals surface area contributed by atoms with Crippen LogP contribution in [0.1, 0.15) is 22.2 Å². The number of methoxy groups -OCH3 is 1. The van der Waals surface area contributed by atoms with E-state index in [0.717, 1.165) is 4.88 Å². The fraction of sp³-hybridized carbons (Fsp3) is 0.143. The Balaban J connectivity index is 2.15. The third-order valence-corrected chi connectivity index (χ3v) is 3.65. The summed E-state index contributed by atoms with van der Waals surface area (Å²) in [7, 11) is 1.43. The predicted molar refractivity (Wildman–Crippen MR) is 78.7 cm³/mol. The van der Waals surface area contributed by atoms with Gasteiger partial charge in [0, 0.05) is 4.88 Å². The third-order valence-electron chi connectivity index (χ3n) is 2.67. The standard InChI is InChI=1S/C14H14N2O3S/c1-9(12-7-4-8-20-12)15-16-14(18)10-5-3-6-11(19-2)13(10)17/h3-8,17H,1-2H3,(H,16,18)/b15-9+. The number of hydrogen-bond donors (Lipinski definition) is 2. The fourth-order valence-electron chi connectivity index (χ4n) is 1.60. The SMILES string of the molecule is COc1cccc(C(=O)N/N=C(\C)c2cccs2)c1O. The number of carbonyl (C=O) groups excluding carboxylic acids is 1. The molecule has 0 fully saturated rings. The van der Waals surface area contributed by atoms with Crippen LogP contribution in [0.15, 0.2) is 40.8 Å². The topological polar surface area (TPSA) is 70.9 Å². The van der Waals surface area contributed by atoms with Gasteiger partial charge in [-0.15, -0.1) is 11.3 Å². The minimum atomic E-state index is -0.489. The molecular formula is C14H14N2O3S. The Morgan fingerprint density at radius 2 is 2.15 bits per heavy atom. The predicted octanol–water partition coefficient (Wildman–Crippen LogP) is 2.62. The zero-order valence-corrected chi connectivity index (χ0v) is 11.9. The zero-order chi connectivity index (χ0) is 14.5. The highest BCUT2D eigenvalue weighted by atomic mass is 32.1. The molecule has 0 saturated heterocycles. The van der Waals surface area contributed by atoms with Crippen LogP contribution in [0.25, 0.3) is 0 Å². The lowest BCUT2D eigenvalue weighted by atomic mass is 10.2. The molecule has 1 aromatic carbocycles. The van der Waals surface area contributed by atoms with Gasteiger partial charge in [0.25, 0.3) is 5.91 Å². The average Bonchev–Trinajstić information content (AvgIpc) is 2.99. The summed E-state index contributed by atoms with van der Waals surface area (Å²) in [6.07, 6.45) is 0. The fourth-order valence-corrected chi connectivity index (χ4v) is 2.28. The first-order valence-electron chi connectivity index (χ1n) is 5.88. The van der Waals surface area contributed by atoms with E-state index in [2.05, 4.69) is 10.5 Å². The van der Waals surface area contributed by atoms with Gasteiger partial charge >= 0.3 is 0 Å². The Kier molecular flexibility index (Phi) is 4.37. The number of thiophene rings is 1. The molecule has 0 aliphatic carbocycles. The van der Waals surface area contributed by atoms with E-state index >= 15 is 0 Å². The lowest BCUT2D eigenvalue weighted by Gasteiger charge is -2.07. The molecule has 1 heterocycles. The summed E-state index contributed by atoms with van der Waals surface area (Å²) in [5, 5.41) is 15.8. The number of benzene rings is 1. The monoisotopic (exact) mass is 290 g/mol. The summed E-state index contributed by atoms with van der Waals surface area (Å²) in [4.78, 5) is 12.9. The van der Waals surface area contributed by atoms with Crippen molar-refractivity contribution < 1.29 is 14.6 Å². The number of amides is 1. The van der Waals surface area contributed by atoms with Gasteiger partial charge in [-0.25, -0.2) is 5.43 Å². The van der Waals surface area contributed by atoms with Gasteiger partial charge in [0.2, 0.25) is 0 Å². The van der Waals surface area contributed by atoms with Crippen LogP contribution in [-0.2, 0) is 0 Å². The highest BCUT2D eigenvalue weighted by molar-refractivity contribution is 7.12. The molecule has 0 radical (unpaired) electrons. The van der Waals surface area contributed by atoms with E-state index in [1.165, 1.54) is 24.5 Å². The van der Waals surface area contributed by atoms with Crippen LogP contribution < -0.4 is 10.2 Å². The second kappa shape index (κ2) is 6.21. The van der Waals surface area contributed by atoms with E-state index in [1.807, 2.05) is 17.5 Å². The number of nitrogens with one attached hydrogen (secondary N) is 1. The van der Waals surface area contributed by atoms with Crippen molar-refractivity contribution >= 4 is 23.0 Å². The van der Waals surface area contributed by atoms with Crippen molar-refractivity contribution in [3.8, 4) is 11.5 Å². The second-order valence-electron chi connectivity index (χ2n) is 3.97. The summed E-state index contributed by atoms with van der Waals surface area (Å²) in [6, 6.07) is 8.53. The highest BCUT2D eigenvalue weighted by Crippen LogP contribution is 2.29. The first-order valence-corrected chi connectivity index (χ1v) is 6.76. The van der Waals surface area contributed by atoms with Gasteiger partial charge in [0.1, 0.15) is 0 Å². The normalized spacial score (nSPS) is 11.2. The van der Waals surface area contributed by atoms with E-state index < -0.39 is 5.91 Å². The minimum Gasteiger partial charge on any atom is -0.504 e. The van der Waals surface area contributed by atoms with Crippen LogP contribution >= 0.6 is 11.3 Å². The summed E-state index contributed by atoms with van der Waals surface area (Å²) in [5.41, 5.74) is 3.24. The molecule has 1 amide bonds. The number of ether oxygens (including phenoxy) is 1. The number of phenolic OH excluding ortho intramolecular Hbond substituents is 1. The summed E-state index contributed by atoms with van der Waals surface area (Å²) in [6.45, 7) is 1.80. The summed E-state index contributed by atoms with van der Waals surface area (Å²) in [5.74, 6) is -0.439. The van der Waals surface area contributed by atoms with Gasteiger partial charge in [-0.2, -0.15) is 5.10 Å². The minimum absolute atomic E-state index is 0.118. The van der Waals surface area contributed by atoms with Crippen molar-refractivity contribution in [3.63, 3.8) is 0 Å². The Morgan fingerprint density at radius 3 is 2.80 bits per heavy atom. The molecule has 0 saturated carbocycles. The zero-order valence-electron chi connectivity index (χ0n) is 11.1.